The molecule has 4 aromatic rings. The van der Waals surface area contributed by atoms with Crippen molar-refractivity contribution in [2.45, 2.75) is 36.8 Å². The van der Waals surface area contributed by atoms with Crippen LogP contribution in [0.15, 0.2) is 52.9 Å². The van der Waals surface area contributed by atoms with Gasteiger partial charge in [0.15, 0.2) is 0 Å². The third-order valence-corrected chi connectivity index (χ3v) is 7.69. The SMILES string of the molecule is Cc1nn(-c2nc(-c3ccc(Cl)c(Cl)c3)c(SC(C)C)s2)cc1-c1cccc(CN)c1. The molecule has 0 unspecified atom stereocenters. The standard InChI is InChI=1S/C23H22Cl2N4S2/c1-13(2)30-22-21(17-7-8-19(24)20(25)10-17)27-23(31-22)29-12-18(14(3)28-29)16-6-4-5-15(9-16)11-26/h4-10,12-13H,11,26H2,1-3H3. The summed E-state index contributed by atoms with van der Waals surface area (Å²) < 4.78 is 2.98. The number of thiazole rings is 1. The second-order valence-corrected chi connectivity index (χ2v) is 11.0. The molecule has 2 aromatic carbocycles. The second-order valence-electron chi connectivity index (χ2n) is 7.41. The van der Waals surface area contributed by atoms with Crippen molar-refractivity contribution in [2.24, 2.45) is 5.73 Å². The average molecular weight is 489 g/mol. The lowest BCUT2D eigenvalue weighted by molar-refractivity contribution is 0.853. The highest BCUT2D eigenvalue weighted by molar-refractivity contribution is 8.01. The Morgan fingerprint density at radius 1 is 1.10 bits per heavy atom. The number of halogens is 2. The lowest BCUT2D eigenvalue weighted by Gasteiger charge is -2.05. The van der Waals surface area contributed by atoms with Gasteiger partial charge in [0.1, 0.15) is 0 Å². The van der Waals surface area contributed by atoms with E-state index >= 15 is 0 Å². The Kier molecular flexibility index (Phi) is 6.74. The fourth-order valence-electron chi connectivity index (χ4n) is 3.22. The van der Waals surface area contributed by atoms with Gasteiger partial charge in [-0.25, -0.2) is 9.67 Å². The van der Waals surface area contributed by atoms with Gasteiger partial charge in [0, 0.05) is 29.1 Å². The molecule has 0 bridgehead atoms. The molecule has 4 nitrogen and oxygen atoms in total. The molecule has 2 aromatic heterocycles. The van der Waals surface area contributed by atoms with E-state index in [1.54, 1.807) is 23.1 Å². The van der Waals surface area contributed by atoms with Crippen LogP contribution in [0.3, 0.4) is 0 Å². The Labute approximate surface area is 200 Å². The van der Waals surface area contributed by atoms with Gasteiger partial charge < -0.3 is 5.73 Å². The number of nitrogens with two attached hydrogens (primary N) is 1. The maximum Gasteiger partial charge on any atom is 0.211 e. The van der Waals surface area contributed by atoms with E-state index < -0.39 is 0 Å². The summed E-state index contributed by atoms with van der Waals surface area (Å²) >= 11 is 15.8. The largest absolute Gasteiger partial charge is 0.326 e. The molecule has 0 radical (unpaired) electrons. The lowest BCUT2D eigenvalue weighted by atomic mass is 10.0. The first-order valence-electron chi connectivity index (χ1n) is 9.84. The monoisotopic (exact) mass is 488 g/mol. The zero-order valence-corrected chi connectivity index (χ0v) is 20.5. The summed E-state index contributed by atoms with van der Waals surface area (Å²) in [6.07, 6.45) is 2.03. The molecule has 31 heavy (non-hydrogen) atoms. The lowest BCUT2D eigenvalue weighted by Crippen LogP contribution is -1.95. The predicted octanol–water partition coefficient (Wildman–Crippen LogP) is 7.24. The first kappa shape index (κ1) is 22.4. The molecule has 4 rings (SSSR count). The van der Waals surface area contributed by atoms with Crippen molar-refractivity contribution >= 4 is 46.3 Å². The predicted molar refractivity (Wildman–Crippen MR) is 134 cm³/mol. The topological polar surface area (TPSA) is 56.7 Å². The summed E-state index contributed by atoms with van der Waals surface area (Å²) in [5.74, 6) is 0. The van der Waals surface area contributed by atoms with E-state index in [0.29, 0.717) is 21.8 Å². The van der Waals surface area contributed by atoms with Crippen molar-refractivity contribution in [3.8, 4) is 27.5 Å². The molecule has 0 aliphatic heterocycles. The first-order valence-corrected chi connectivity index (χ1v) is 12.3. The highest BCUT2D eigenvalue weighted by Gasteiger charge is 2.19. The van der Waals surface area contributed by atoms with Crippen LogP contribution in [0.4, 0.5) is 0 Å². The Balaban J connectivity index is 1.78. The molecule has 0 amide bonds. The van der Waals surface area contributed by atoms with Crippen LogP contribution >= 0.6 is 46.3 Å². The Morgan fingerprint density at radius 3 is 2.61 bits per heavy atom. The normalized spacial score (nSPS) is 11.5. The fourth-order valence-corrected chi connectivity index (χ4v) is 5.97. The van der Waals surface area contributed by atoms with Crippen LogP contribution in [0.5, 0.6) is 0 Å². The summed E-state index contributed by atoms with van der Waals surface area (Å²) in [6.45, 7) is 6.86. The Morgan fingerprint density at radius 2 is 1.90 bits per heavy atom. The van der Waals surface area contributed by atoms with Gasteiger partial charge in [-0.15, -0.1) is 11.8 Å². The fraction of sp³-hybridized carbons (Fsp3) is 0.217. The second kappa shape index (κ2) is 9.35. The third kappa shape index (κ3) is 4.83. The van der Waals surface area contributed by atoms with Crippen LogP contribution in [0, 0.1) is 6.92 Å². The van der Waals surface area contributed by atoms with Gasteiger partial charge in [-0.2, -0.15) is 5.10 Å². The minimum absolute atomic E-state index is 0.420. The van der Waals surface area contributed by atoms with E-state index in [1.165, 1.54) is 0 Å². The van der Waals surface area contributed by atoms with Crippen molar-refractivity contribution in [1.82, 2.24) is 14.8 Å². The average Bonchev–Trinajstić information content (AvgIpc) is 3.33. The molecule has 0 saturated carbocycles. The van der Waals surface area contributed by atoms with E-state index in [1.807, 2.05) is 48.1 Å². The van der Waals surface area contributed by atoms with E-state index in [2.05, 4.69) is 26.0 Å². The smallest absolute Gasteiger partial charge is 0.211 e. The van der Waals surface area contributed by atoms with E-state index in [4.69, 9.17) is 39.0 Å². The number of rotatable bonds is 6. The minimum Gasteiger partial charge on any atom is -0.326 e. The highest BCUT2D eigenvalue weighted by atomic mass is 35.5. The van der Waals surface area contributed by atoms with Gasteiger partial charge in [-0.05, 0) is 36.2 Å². The van der Waals surface area contributed by atoms with E-state index in [0.717, 1.165) is 43.0 Å². The molecule has 0 spiro atoms. The summed E-state index contributed by atoms with van der Waals surface area (Å²) in [5, 5.41) is 7.04. The van der Waals surface area contributed by atoms with Gasteiger partial charge in [0.05, 0.1) is 25.6 Å². The zero-order chi connectivity index (χ0) is 22.1. The van der Waals surface area contributed by atoms with Crippen LogP contribution in [-0.4, -0.2) is 20.0 Å². The maximum absolute atomic E-state index is 6.27. The maximum atomic E-state index is 6.27. The third-order valence-electron chi connectivity index (χ3n) is 4.69. The molecule has 8 heteroatoms. The summed E-state index contributed by atoms with van der Waals surface area (Å²) in [4.78, 5) is 4.93. The number of nitrogens with zero attached hydrogens (tertiary/aromatic N) is 3. The van der Waals surface area contributed by atoms with Crippen LogP contribution in [0.2, 0.25) is 10.0 Å². The van der Waals surface area contributed by atoms with Gasteiger partial charge in [0.2, 0.25) is 5.13 Å². The van der Waals surface area contributed by atoms with Crippen LogP contribution in [-0.2, 0) is 6.54 Å². The van der Waals surface area contributed by atoms with Crippen LogP contribution in [0.1, 0.15) is 25.1 Å². The molecule has 160 valence electrons. The molecule has 0 aliphatic carbocycles. The minimum atomic E-state index is 0.420. The van der Waals surface area contributed by atoms with Crippen molar-refractivity contribution in [1.29, 1.82) is 0 Å². The quantitative estimate of drug-likeness (QED) is 0.290. The molecule has 0 fully saturated rings. The van der Waals surface area contributed by atoms with Crippen molar-refractivity contribution < 1.29 is 0 Å². The summed E-state index contributed by atoms with van der Waals surface area (Å²) in [7, 11) is 0. The van der Waals surface area contributed by atoms with Crippen molar-refractivity contribution in [3.05, 3.63) is 70.0 Å². The molecule has 0 saturated heterocycles. The number of aryl methyl sites for hydroxylation is 1. The molecular weight excluding hydrogens is 467 g/mol. The summed E-state index contributed by atoms with van der Waals surface area (Å²) in [5.41, 5.74) is 11.9. The molecular formula is C23H22Cl2N4S2. The first-order chi connectivity index (χ1) is 14.9. The van der Waals surface area contributed by atoms with Crippen LogP contribution < -0.4 is 5.73 Å². The van der Waals surface area contributed by atoms with Crippen LogP contribution in [0.25, 0.3) is 27.5 Å². The van der Waals surface area contributed by atoms with Crippen molar-refractivity contribution in [3.63, 3.8) is 0 Å². The van der Waals surface area contributed by atoms with Gasteiger partial charge >= 0.3 is 0 Å². The van der Waals surface area contributed by atoms with Gasteiger partial charge in [0.25, 0.3) is 0 Å². The number of hydrogen-bond donors (Lipinski definition) is 1. The molecule has 2 N–H and O–H groups in total. The Bertz CT molecular complexity index is 1230. The highest BCUT2D eigenvalue weighted by Crippen LogP contribution is 2.41. The van der Waals surface area contributed by atoms with Crippen molar-refractivity contribution in [2.75, 3.05) is 0 Å². The molecule has 0 atom stereocenters. The van der Waals surface area contributed by atoms with E-state index in [-0.39, 0.29) is 0 Å². The number of hydrogen-bond acceptors (Lipinski definition) is 5. The number of thioether (sulfide) groups is 1. The Hall–Kier alpha value is -1.83. The molecule has 0 aliphatic rings. The summed E-state index contributed by atoms with van der Waals surface area (Å²) in [6, 6.07) is 13.9. The molecule has 2 heterocycles. The van der Waals surface area contributed by atoms with E-state index in [9.17, 15) is 0 Å². The number of benzene rings is 2. The van der Waals surface area contributed by atoms with Gasteiger partial charge in [-0.3, -0.25) is 0 Å². The number of aromatic nitrogens is 3. The zero-order valence-electron chi connectivity index (χ0n) is 17.4. The van der Waals surface area contributed by atoms with Gasteiger partial charge in [-0.1, -0.05) is 72.7 Å².